The molecule has 9 heteroatoms. The zero-order chi connectivity index (χ0) is 27.1. The van der Waals surface area contributed by atoms with Crippen LogP contribution in [0.3, 0.4) is 0 Å². The maximum absolute atomic E-state index is 13.2. The Balaban J connectivity index is 1.61. The summed E-state index contributed by atoms with van der Waals surface area (Å²) in [5.74, 6) is -0.404. The molecule has 2 heterocycles. The predicted octanol–water partition coefficient (Wildman–Crippen LogP) is 4.71. The van der Waals surface area contributed by atoms with Crippen molar-refractivity contribution in [2.24, 2.45) is 10.7 Å². The third-order valence-electron chi connectivity index (χ3n) is 6.33. The fourth-order valence-electron chi connectivity index (χ4n) is 4.05. The molecule has 4 rings (SSSR count). The molecule has 1 aliphatic heterocycles. The number of aromatic nitrogens is 1. The number of anilines is 1. The lowest BCUT2D eigenvalue weighted by molar-refractivity contribution is -0.112. The Morgan fingerprint density at radius 2 is 1.84 bits per heavy atom. The van der Waals surface area contributed by atoms with Crippen molar-refractivity contribution in [1.29, 1.82) is 0 Å². The van der Waals surface area contributed by atoms with Crippen molar-refractivity contribution in [3.8, 4) is 0 Å². The lowest BCUT2D eigenvalue weighted by Gasteiger charge is -2.20. The van der Waals surface area contributed by atoms with Crippen molar-refractivity contribution in [1.82, 2.24) is 15.2 Å². The van der Waals surface area contributed by atoms with Crippen LogP contribution in [-0.2, 0) is 4.79 Å². The Kier molecular flexibility index (Phi) is 9.04. The molecule has 38 heavy (non-hydrogen) atoms. The number of fused-ring (bicyclic) bond motifs is 1. The Morgan fingerprint density at radius 3 is 2.55 bits per heavy atom. The maximum atomic E-state index is 13.2. The zero-order valence-electron chi connectivity index (χ0n) is 22.1. The Morgan fingerprint density at radius 1 is 1.11 bits per heavy atom. The number of nitrogens with zero attached hydrogens (tertiary/aromatic N) is 3. The molecule has 0 radical (unpaired) electrons. The topological polar surface area (TPSA) is 113 Å². The van der Waals surface area contributed by atoms with E-state index in [1.165, 1.54) is 11.3 Å². The van der Waals surface area contributed by atoms with Crippen LogP contribution in [0.2, 0.25) is 0 Å². The van der Waals surface area contributed by atoms with Crippen molar-refractivity contribution in [2.45, 2.75) is 33.6 Å². The van der Waals surface area contributed by atoms with Gasteiger partial charge in [-0.2, -0.15) is 0 Å². The van der Waals surface area contributed by atoms with Gasteiger partial charge in [-0.25, -0.2) is 9.98 Å². The number of amides is 2. The van der Waals surface area contributed by atoms with Crippen LogP contribution >= 0.6 is 11.3 Å². The van der Waals surface area contributed by atoms with Crippen LogP contribution in [0.15, 0.2) is 76.6 Å². The van der Waals surface area contributed by atoms with E-state index in [1.807, 2.05) is 66.4 Å². The number of nitrogens with one attached hydrogen (secondary N) is 2. The Labute approximate surface area is 227 Å². The molecule has 0 bridgehead atoms. The van der Waals surface area contributed by atoms with E-state index in [9.17, 15) is 9.59 Å². The third kappa shape index (κ3) is 6.73. The highest BCUT2D eigenvalue weighted by molar-refractivity contribution is 7.22. The molecule has 0 aliphatic carbocycles. The van der Waals surface area contributed by atoms with Gasteiger partial charge >= 0.3 is 0 Å². The van der Waals surface area contributed by atoms with Gasteiger partial charge in [-0.3, -0.25) is 14.9 Å². The van der Waals surface area contributed by atoms with E-state index in [1.54, 1.807) is 6.92 Å². The summed E-state index contributed by atoms with van der Waals surface area (Å²) in [5, 5.41) is 6.66. The number of para-hydroxylation sites is 1. The maximum Gasteiger partial charge on any atom is 0.277 e. The van der Waals surface area contributed by atoms with Gasteiger partial charge in [0, 0.05) is 36.5 Å². The van der Waals surface area contributed by atoms with Crippen LogP contribution in [0.25, 0.3) is 10.2 Å². The van der Waals surface area contributed by atoms with Gasteiger partial charge in [0.1, 0.15) is 5.70 Å². The highest BCUT2D eigenvalue weighted by Gasteiger charge is 2.19. The first-order valence-electron chi connectivity index (χ1n) is 12.8. The van der Waals surface area contributed by atoms with Crippen LogP contribution in [0.5, 0.6) is 0 Å². The van der Waals surface area contributed by atoms with Crippen LogP contribution in [0.1, 0.15) is 49.5 Å². The lowest BCUT2D eigenvalue weighted by atomic mass is 10.0. The average molecular weight is 531 g/mol. The Bertz CT molecular complexity index is 1360. The van der Waals surface area contributed by atoms with Gasteiger partial charge in [-0.15, -0.1) is 0 Å². The number of nitrogens with two attached hydrogens (primary N) is 1. The van der Waals surface area contributed by atoms with Gasteiger partial charge in [0.2, 0.25) is 0 Å². The minimum atomic E-state index is -0.425. The quantitative estimate of drug-likeness (QED) is 0.303. The molecule has 0 atom stereocenters. The zero-order valence-corrected chi connectivity index (χ0v) is 22.9. The number of carbonyl (C=O) groups excluding carboxylic acids is 2. The molecule has 0 saturated carbocycles. The number of aliphatic imine (C=N–C) groups is 1. The van der Waals surface area contributed by atoms with Gasteiger partial charge in [0.25, 0.3) is 11.8 Å². The number of allylic oxidation sites excluding steroid dienone is 3. The molecule has 0 unspecified atom stereocenters. The molecule has 0 spiro atoms. The molecule has 1 fully saturated rings. The summed E-state index contributed by atoms with van der Waals surface area (Å²) >= 11 is 1.39. The van der Waals surface area contributed by atoms with E-state index in [4.69, 9.17) is 10.7 Å². The minimum Gasteiger partial charge on any atom is -0.400 e. The van der Waals surface area contributed by atoms with E-state index < -0.39 is 5.91 Å². The molecule has 2 aromatic carbocycles. The number of carbonyl (C=O) groups is 2. The summed E-state index contributed by atoms with van der Waals surface area (Å²) in [6.45, 7) is 8.89. The minimum absolute atomic E-state index is 0.0209. The van der Waals surface area contributed by atoms with Crippen molar-refractivity contribution < 1.29 is 9.59 Å². The van der Waals surface area contributed by atoms with E-state index in [-0.39, 0.29) is 11.6 Å². The van der Waals surface area contributed by atoms with Crippen molar-refractivity contribution >= 4 is 44.2 Å². The summed E-state index contributed by atoms with van der Waals surface area (Å²) in [6.07, 6.45) is 3.72. The summed E-state index contributed by atoms with van der Waals surface area (Å²) < 4.78 is 0.981. The summed E-state index contributed by atoms with van der Waals surface area (Å²) in [7, 11) is 0. The van der Waals surface area contributed by atoms with E-state index in [2.05, 4.69) is 22.5 Å². The highest BCUT2D eigenvalue weighted by Crippen LogP contribution is 2.26. The first-order chi connectivity index (χ1) is 18.4. The SMILES string of the molecule is CC/C(C)=C/C(=N\C(C(=O)Nc1nc2ccccc2s1)=C(/C)N)c1ccc(C(=O)N2CCCNCC2)cc1. The van der Waals surface area contributed by atoms with Crippen molar-refractivity contribution in [3.63, 3.8) is 0 Å². The first-order valence-corrected chi connectivity index (χ1v) is 13.7. The number of rotatable bonds is 7. The van der Waals surface area contributed by atoms with Crippen LogP contribution in [0, 0.1) is 0 Å². The Hall–Kier alpha value is -3.82. The van der Waals surface area contributed by atoms with Gasteiger partial charge in [0.15, 0.2) is 5.13 Å². The van der Waals surface area contributed by atoms with E-state index in [0.717, 1.165) is 53.8 Å². The van der Waals surface area contributed by atoms with Crippen LogP contribution < -0.4 is 16.4 Å². The average Bonchev–Trinajstić information content (AvgIpc) is 3.13. The van der Waals surface area contributed by atoms with Gasteiger partial charge in [-0.05, 0) is 63.6 Å². The summed E-state index contributed by atoms with van der Waals surface area (Å²) in [5.41, 5.74) is 10.5. The standard InChI is InChI=1S/C29H34N6O2S/c1-4-19(2)18-24(21-10-12-22(13-11-21)28(37)35-16-7-14-31-15-17-35)32-26(20(3)30)27(36)34-29-33-23-8-5-6-9-25(23)38-29/h5-6,8-13,18,31H,4,7,14-17,30H2,1-3H3,(H,33,34,36)/b19-18+,26-20+,32-24+. The van der Waals surface area contributed by atoms with Crippen molar-refractivity contribution in [2.75, 3.05) is 31.5 Å². The molecule has 8 nitrogen and oxygen atoms in total. The molecule has 2 amide bonds. The molecule has 1 saturated heterocycles. The summed E-state index contributed by atoms with van der Waals surface area (Å²) in [6, 6.07) is 15.1. The smallest absolute Gasteiger partial charge is 0.277 e. The summed E-state index contributed by atoms with van der Waals surface area (Å²) in [4.78, 5) is 37.3. The molecule has 1 aliphatic rings. The molecular weight excluding hydrogens is 496 g/mol. The molecule has 4 N–H and O–H groups in total. The number of benzene rings is 2. The fraction of sp³-hybridized carbons (Fsp3) is 0.310. The predicted molar refractivity (Wildman–Crippen MR) is 156 cm³/mol. The normalized spacial score (nSPS) is 15.7. The molecule has 3 aromatic rings. The number of hydrogen-bond acceptors (Lipinski definition) is 7. The lowest BCUT2D eigenvalue weighted by Crippen LogP contribution is -2.34. The second-order valence-corrected chi connectivity index (χ2v) is 10.3. The van der Waals surface area contributed by atoms with Gasteiger partial charge in [0.05, 0.1) is 15.9 Å². The highest BCUT2D eigenvalue weighted by atomic mass is 32.1. The monoisotopic (exact) mass is 530 g/mol. The van der Waals surface area contributed by atoms with Gasteiger partial charge < -0.3 is 16.0 Å². The van der Waals surface area contributed by atoms with E-state index in [0.29, 0.717) is 28.6 Å². The van der Waals surface area contributed by atoms with Crippen molar-refractivity contribution in [3.05, 3.63) is 82.7 Å². The van der Waals surface area contributed by atoms with E-state index >= 15 is 0 Å². The molecule has 1 aromatic heterocycles. The second-order valence-electron chi connectivity index (χ2n) is 9.29. The third-order valence-corrected chi connectivity index (χ3v) is 7.28. The second kappa shape index (κ2) is 12.6. The molecular formula is C29H34N6O2S. The van der Waals surface area contributed by atoms with Crippen LogP contribution in [-0.4, -0.2) is 53.6 Å². The first kappa shape index (κ1) is 27.2. The number of hydrogen-bond donors (Lipinski definition) is 3. The molecule has 198 valence electrons. The number of thiazole rings is 1. The van der Waals surface area contributed by atoms with Gasteiger partial charge in [-0.1, -0.05) is 48.1 Å². The fourth-order valence-corrected chi connectivity index (χ4v) is 4.91. The largest absolute Gasteiger partial charge is 0.400 e. The van der Waals surface area contributed by atoms with Crippen LogP contribution in [0.4, 0.5) is 5.13 Å².